The Morgan fingerprint density at radius 1 is 0.882 bits per heavy atom. The molecule has 0 radical (unpaired) electrons. The van der Waals surface area contributed by atoms with E-state index in [1.807, 2.05) is 12.4 Å². The van der Waals surface area contributed by atoms with Crippen LogP contribution in [0.5, 0.6) is 0 Å². The van der Waals surface area contributed by atoms with E-state index in [1.54, 1.807) is 0 Å². The van der Waals surface area contributed by atoms with Crippen molar-refractivity contribution in [2.24, 2.45) is 0 Å². The number of aromatic nitrogens is 4. The standard InChI is InChI=1S/C28H30N6/c1-18(2)30-21-13-20(16-29-17-21)19-9-10-25-23(14-19)28(33-32-25)26-15-22-24(31-26)7-6-8-27(22)34-11-4-3-5-12-34/h6-10,13-18,30-31H,3-5,11-12H2,1-2H3,(H,32,33). The van der Waals surface area contributed by atoms with Crippen molar-refractivity contribution in [2.45, 2.75) is 39.2 Å². The van der Waals surface area contributed by atoms with Gasteiger partial charge in [-0.05, 0) is 75.1 Å². The predicted octanol–water partition coefficient (Wildman–Crippen LogP) is 6.58. The highest BCUT2D eigenvalue weighted by atomic mass is 15.1. The maximum atomic E-state index is 4.70. The maximum Gasteiger partial charge on any atom is 0.116 e. The zero-order valence-electron chi connectivity index (χ0n) is 19.7. The van der Waals surface area contributed by atoms with E-state index in [0.717, 1.165) is 57.7 Å². The number of benzene rings is 2. The number of hydrogen-bond donors (Lipinski definition) is 3. The van der Waals surface area contributed by atoms with Crippen LogP contribution in [0.2, 0.25) is 0 Å². The van der Waals surface area contributed by atoms with Gasteiger partial charge in [0, 0.05) is 59.1 Å². The number of fused-ring (bicyclic) bond motifs is 2. The lowest BCUT2D eigenvalue weighted by molar-refractivity contribution is 0.579. The van der Waals surface area contributed by atoms with Crippen LogP contribution in [0.3, 0.4) is 0 Å². The van der Waals surface area contributed by atoms with Gasteiger partial charge in [0.15, 0.2) is 0 Å². The molecule has 0 atom stereocenters. The number of hydrogen-bond acceptors (Lipinski definition) is 4. The third-order valence-corrected chi connectivity index (χ3v) is 6.68. The number of H-pyrrole nitrogens is 2. The maximum absolute atomic E-state index is 4.70. The van der Waals surface area contributed by atoms with Gasteiger partial charge in [0.1, 0.15) is 5.69 Å². The Bertz CT molecular complexity index is 1450. The fraction of sp³-hybridized carbons (Fsp3) is 0.286. The number of pyridine rings is 1. The van der Waals surface area contributed by atoms with Crippen molar-refractivity contribution in [3.63, 3.8) is 0 Å². The fourth-order valence-corrected chi connectivity index (χ4v) is 5.09. The zero-order chi connectivity index (χ0) is 23.1. The number of nitrogens with one attached hydrogen (secondary N) is 3. The minimum atomic E-state index is 0.358. The van der Waals surface area contributed by atoms with Crippen molar-refractivity contribution in [3.8, 4) is 22.5 Å². The van der Waals surface area contributed by atoms with Gasteiger partial charge in [0.2, 0.25) is 0 Å². The quantitative estimate of drug-likeness (QED) is 0.283. The summed E-state index contributed by atoms with van der Waals surface area (Å²) in [4.78, 5) is 10.6. The van der Waals surface area contributed by atoms with E-state index >= 15 is 0 Å². The lowest BCUT2D eigenvalue weighted by Gasteiger charge is -2.29. The second-order valence-electron chi connectivity index (χ2n) is 9.56. The number of aromatic amines is 2. The van der Waals surface area contributed by atoms with Crippen molar-refractivity contribution in [1.82, 2.24) is 20.2 Å². The summed E-state index contributed by atoms with van der Waals surface area (Å²) in [6, 6.07) is 17.8. The molecule has 0 aliphatic carbocycles. The molecule has 1 saturated heterocycles. The van der Waals surface area contributed by atoms with E-state index in [-0.39, 0.29) is 0 Å². The first-order chi connectivity index (χ1) is 16.7. The molecule has 0 unspecified atom stereocenters. The van der Waals surface area contributed by atoms with Crippen molar-refractivity contribution >= 4 is 33.2 Å². The van der Waals surface area contributed by atoms with Crippen LogP contribution in [-0.2, 0) is 0 Å². The Kier molecular flexibility index (Phi) is 5.21. The molecule has 1 aliphatic heterocycles. The van der Waals surface area contributed by atoms with Gasteiger partial charge in [-0.3, -0.25) is 10.1 Å². The van der Waals surface area contributed by atoms with Gasteiger partial charge in [0.25, 0.3) is 0 Å². The van der Waals surface area contributed by atoms with Crippen molar-refractivity contribution in [2.75, 3.05) is 23.3 Å². The Balaban J connectivity index is 1.41. The summed E-state index contributed by atoms with van der Waals surface area (Å²) in [5.74, 6) is 0. The zero-order valence-corrected chi connectivity index (χ0v) is 19.7. The van der Waals surface area contributed by atoms with E-state index in [4.69, 9.17) is 5.10 Å². The molecule has 1 aliphatic rings. The summed E-state index contributed by atoms with van der Waals surface area (Å²) in [7, 11) is 0. The molecule has 34 heavy (non-hydrogen) atoms. The Hall–Kier alpha value is -3.80. The summed E-state index contributed by atoms with van der Waals surface area (Å²) in [6.07, 6.45) is 7.65. The van der Waals surface area contributed by atoms with Gasteiger partial charge in [-0.25, -0.2) is 0 Å². The monoisotopic (exact) mass is 450 g/mol. The largest absolute Gasteiger partial charge is 0.382 e. The van der Waals surface area contributed by atoms with Crippen molar-refractivity contribution in [1.29, 1.82) is 0 Å². The molecule has 172 valence electrons. The molecule has 6 nitrogen and oxygen atoms in total. The second-order valence-corrected chi connectivity index (χ2v) is 9.56. The van der Waals surface area contributed by atoms with Gasteiger partial charge in [-0.15, -0.1) is 0 Å². The molecule has 0 amide bonds. The first-order valence-electron chi connectivity index (χ1n) is 12.2. The van der Waals surface area contributed by atoms with Crippen LogP contribution in [0.1, 0.15) is 33.1 Å². The average Bonchev–Trinajstić information content (AvgIpc) is 3.48. The molecule has 6 rings (SSSR count). The first-order valence-corrected chi connectivity index (χ1v) is 12.2. The highest BCUT2D eigenvalue weighted by molar-refractivity contribution is 6.01. The summed E-state index contributed by atoms with van der Waals surface area (Å²) in [6.45, 7) is 6.53. The Morgan fingerprint density at radius 3 is 2.62 bits per heavy atom. The molecule has 1 fully saturated rings. The second kappa shape index (κ2) is 8.52. The Morgan fingerprint density at radius 2 is 1.76 bits per heavy atom. The van der Waals surface area contributed by atoms with Gasteiger partial charge in [-0.2, -0.15) is 5.10 Å². The van der Waals surface area contributed by atoms with Crippen molar-refractivity contribution < 1.29 is 0 Å². The smallest absolute Gasteiger partial charge is 0.116 e. The summed E-state index contributed by atoms with van der Waals surface area (Å²) < 4.78 is 0. The molecule has 3 N–H and O–H groups in total. The molecule has 4 heterocycles. The van der Waals surface area contributed by atoms with Crippen LogP contribution in [0.15, 0.2) is 60.9 Å². The lowest BCUT2D eigenvalue weighted by Crippen LogP contribution is -2.29. The van der Waals surface area contributed by atoms with Crippen LogP contribution < -0.4 is 10.2 Å². The number of rotatable bonds is 5. The molecule has 0 bridgehead atoms. The molecule has 0 spiro atoms. The molecule has 2 aromatic carbocycles. The topological polar surface area (TPSA) is 72.6 Å². The first kappa shape index (κ1) is 20.8. The van der Waals surface area contributed by atoms with Crippen LogP contribution in [-0.4, -0.2) is 39.3 Å². The van der Waals surface area contributed by atoms with E-state index in [2.05, 4.69) is 87.7 Å². The number of nitrogens with zero attached hydrogens (tertiary/aromatic N) is 3. The third-order valence-electron chi connectivity index (χ3n) is 6.68. The summed E-state index contributed by atoms with van der Waals surface area (Å²) in [5.41, 5.74) is 8.73. The van der Waals surface area contributed by atoms with Gasteiger partial charge < -0.3 is 15.2 Å². The Labute approximate surface area is 199 Å². The predicted molar refractivity (Wildman–Crippen MR) is 141 cm³/mol. The van der Waals surface area contributed by atoms with Crippen LogP contribution in [0.25, 0.3) is 44.3 Å². The van der Waals surface area contributed by atoms with Gasteiger partial charge in [0.05, 0.1) is 16.9 Å². The van der Waals surface area contributed by atoms with Gasteiger partial charge in [-0.1, -0.05) is 12.1 Å². The normalized spacial score (nSPS) is 14.4. The molecule has 5 aromatic rings. The molecule has 0 saturated carbocycles. The molecular formula is C28H30N6. The summed E-state index contributed by atoms with van der Waals surface area (Å²) >= 11 is 0. The van der Waals surface area contributed by atoms with Crippen LogP contribution >= 0.6 is 0 Å². The minimum Gasteiger partial charge on any atom is -0.382 e. The highest BCUT2D eigenvalue weighted by Crippen LogP contribution is 2.35. The number of anilines is 2. The van der Waals surface area contributed by atoms with E-state index in [0.29, 0.717) is 6.04 Å². The van der Waals surface area contributed by atoms with E-state index < -0.39 is 0 Å². The number of piperidine rings is 1. The summed E-state index contributed by atoms with van der Waals surface area (Å²) in [5, 5.41) is 13.7. The van der Waals surface area contributed by atoms with E-state index in [9.17, 15) is 0 Å². The van der Waals surface area contributed by atoms with Gasteiger partial charge >= 0.3 is 0 Å². The average molecular weight is 451 g/mol. The minimum absolute atomic E-state index is 0.358. The van der Waals surface area contributed by atoms with E-state index in [1.165, 1.54) is 30.3 Å². The van der Waals surface area contributed by atoms with Crippen LogP contribution in [0.4, 0.5) is 11.4 Å². The molecule has 3 aromatic heterocycles. The third kappa shape index (κ3) is 3.79. The lowest BCUT2D eigenvalue weighted by atomic mass is 10.0. The molecule has 6 heteroatoms. The fourth-order valence-electron chi connectivity index (χ4n) is 5.09. The highest BCUT2D eigenvalue weighted by Gasteiger charge is 2.17. The SMILES string of the molecule is CC(C)Nc1cncc(-c2ccc3[nH]nc(-c4cc5c(N6CCCCC6)cccc5[nH]4)c3c2)c1. The van der Waals surface area contributed by atoms with Crippen LogP contribution in [0, 0.1) is 0 Å². The van der Waals surface area contributed by atoms with Crippen molar-refractivity contribution in [3.05, 3.63) is 60.9 Å². The molecular weight excluding hydrogens is 420 g/mol.